The second kappa shape index (κ2) is 15.9. The largest absolute Gasteiger partial charge is 0.506 e. The molecule has 2 fully saturated rings. The Morgan fingerprint density at radius 3 is 2.28 bits per heavy atom. The van der Waals surface area contributed by atoms with Crippen LogP contribution in [0.25, 0.3) is 10.9 Å². The standard InChI is InChI=1S/C42H49N3O6S2/c1-3-27-22-30(25-43-26-35(47)32-9-11-34(46)39-33(32)10-12-38(48)44-39)28(4-2)21-29(27)13-16-45-17-14-41(15-18-45)23-31(24-41)51-40(49)42(50,36-7-5-19-52-36)37-8-6-20-53-37/h5-12,19-22,31,35,43,46-47,50H,3-4,13-18,23-26H2,1-2H3,(H,44,48). The van der Waals surface area contributed by atoms with Crippen LogP contribution in [0, 0.1) is 5.41 Å². The molecule has 3 aromatic heterocycles. The summed E-state index contributed by atoms with van der Waals surface area (Å²) in [4.78, 5) is 31.6. The number of aryl methyl sites for hydroxylation is 2. The quantitative estimate of drug-likeness (QED) is 0.0804. The van der Waals surface area contributed by atoms with E-state index in [-0.39, 0.29) is 22.8 Å². The van der Waals surface area contributed by atoms with Crippen molar-refractivity contribution < 1.29 is 24.9 Å². The number of ether oxygens (including phenoxy) is 1. The topological polar surface area (TPSA) is 135 Å². The number of H-pyrrole nitrogens is 1. The summed E-state index contributed by atoms with van der Waals surface area (Å²) < 4.78 is 5.97. The number of phenols is 1. The lowest BCUT2D eigenvalue weighted by Gasteiger charge is -2.51. The SMILES string of the molecule is CCc1cc(CNCC(O)c2ccc(O)c3[nH]c(=O)ccc23)c(CC)cc1CCN1CCC2(CC1)CC(OC(=O)C(O)(c1cccs1)c1cccs1)C2. The van der Waals surface area contributed by atoms with Gasteiger partial charge in [0.1, 0.15) is 11.9 Å². The number of aromatic amines is 1. The smallest absolute Gasteiger partial charge is 0.349 e. The first kappa shape index (κ1) is 37.5. The minimum Gasteiger partial charge on any atom is -0.506 e. The van der Waals surface area contributed by atoms with Crippen molar-refractivity contribution in [3.63, 3.8) is 0 Å². The molecular formula is C42H49N3O6S2. The molecule has 53 heavy (non-hydrogen) atoms. The highest BCUT2D eigenvalue weighted by Gasteiger charge is 2.51. The number of fused-ring (bicyclic) bond motifs is 1. The van der Waals surface area contributed by atoms with E-state index >= 15 is 0 Å². The lowest BCUT2D eigenvalue weighted by atomic mass is 9.61. The normalized spacial score (nSPS) is 16.9. The molecule has 11 heteroatoms. The Morgan fingerprint density at radius 1 is 0.981 bits per heavy atom. The number of likely N-dealkylation sites (tertiary alicyclic amines) is 1. The van der Waals surface area contributed by atoms with Crippen LogP contribution in [0.5, 0.6) is 5.75 Å². The molecule has 9 nitrogen and oxygen atoms in total. The number of aliphatic hydroxyl groups is 2. The number of nitrogens with zero attached hydrogens (tertiary/aromatic N) is 1. The van der Waals surface area contributed by atoms with Crippen molar-refractivity contribution in [1.29, 1.82) is 0 Å². The zero-order valence-corrected chi connectivity index (χ0v) is 32.0. The van der Waals surface area contributed by atoms with E-state index in [1.165, 1.54) is 57.1 Å². The molecule has 1 aliphatic heterocycles. The molecule has 5 N–H and O–H groups in total. The average molecular weight is 756 g/mol. The summed E-state index contributed by atoms with van der Waals surface area (Å²) in [5.74, 6) is -0.590. The Balaban J connectivity index is 0.900. The highest BCUT2D eigenvalue weighted by atomic mass is 32.1. The van der Waals surface area contributed by atoms with Gasteiger partial charge in [0.2, 0.25) is 11.2 Å². The number of carbonyl (C=O) groups excluding carboxylic acids is 1. The van der Waals surface area contributed by atoms with Gasteiger partial charge >= 0.3 is 5.97 Å². The summed E-state index contributed by atoms with van der Waals surface area (Å²) in [6, 6.07) is 18.2. The number of phenolic OH excluding ortho intramolecular Hbond substituents is 1. The number of nitrogens with one attached hydrogen (secondary N) is 2. The maximum atomic E-state index is 13.4. The van der Waals surface area contributed by atoms with E-state index in [4.69, 9.17) is 4.74 Å². The molecule has 2 aromatic carbocycles. The number of esters is 1. The van der Waals surface area contributed by atoms with Crippen LogP contribution in [-0.2, 0) is 40.9 Å². The molecule has 2 aliphatic rings. The number of pyridine rings is 1. The summed E-state index contributed by atoms with van der Waals surface area (Å²) in [6.45, 7) is 8.43. The van der Waals surface area contributed by atoms with E-state index < -0.39 is 17.7 Å². The molecule has 1 saturated carbocycles. The molecule has 4 heterocycles. The predicted molar refractivity (Wildman–Crippen MR) is 211 cm³/mol. The van der Waals surface area contributed by atoms with E-state index in [0.29, 0.717) is 39.3 Å². The summed E-state index contributed by atoms with van der Waals surface area (Å²) in [5, 5.41) is 40.7. The average Bonchev–Trinajstić information content (AvgIpc) is 3.90. The zero-order valence-electron chi connectivity index (χ0n) is 30.4. The summed E-state index contributed by atoms with van der Waals surface area (Å²) in [6.07, 6.45) is 5.80. The van der Waals surface area contributed by atoms with Crippen LogP contribution in [0.1, 0.15) is 83.2 Å². The number of benzene rings is 2. The van der Waals surface area contributed by atoms with Crippen LogP contribution < -0.4 is 10.9 Å². The van der Waals surface area contributed by atoms with Gasteiger partial charge in [-0.05, 0) is 126 Å². The molecule has 7 rings (SSSR count). The Kier molecular flexibility index (Phi) is 11.2. The molecule has 1 unspecified atom stereocenters. The molecule has 0 bridgehead atoms. The Bertz CT molecular complexity index is 2040. The summed E-state index contributed by atoms with van der Waals surface area (Å²) >= 11 is 2.74. The van der Waals surface area contributed by atoms with E-state index in [1.807, 2.05) is 22.9 Å². The van der Waals surface area contributed by atoms with E-state index in [2.05, 4.69) is 41.2 Å². The number of piperidine rings is 1. The van der Waals surface area contributed by atoms with E-state index in [1.54, 1.807) is 24.3 Å². The van der Waals surface area contributed by atoms with Gasteiger partial charge < -0.3 is 35.3 Å². The molecule has 5 aromatic rings. The second-order valence-corrected chi connectivity index (χ2v) is 16.6. The van der Waals surface area contributed by atoms with Gasteiger partial charge in [0.15, 0.2) is 0 Å². The van der Waals surface area contributed by atoms with Crippen LogP contribution in [0.4, 0.5) is 0 Å². The van der Waals surface area contributed by atoms with Crippen LogP contribution >= 0.6 is 22.7 Å². The van der Waals surface area contributed by atoms with E-state index in [9.17, 15) is 24.9 Å². The fraction of sp³-hybridized carbons (Fsp3) is 0.429. The number of aromatic nitrogens is 1. The third-order valence-corrected chi connectivity index (χ3v) is 13.4. The molecule has 0 radical (unpaired) electrons. The van der Waals surface area contributed by atoms with Crippen LogP contribution in [0.15, 0.2) is 76.2 Å². The van der Waals surface area contributed by atoms with Crippen LogP contribution in [-0.4, -0.2) is 63.5 Å². The lowest BCUT2D eigenvalue weighted by Crippen LogP contribution is -2.52. The third kappa shape index (κ3) is 7.74. The highest BCUT2D eigenvalue weighted by molar-refractivity contribution is 7.12. The number of rotatable bonds is 14. The van der Waals surface area contributed by atoms with Crippen molar-refractivity contribution in [2.45, 2.75) is 83.1 Å². The number of aliphatic hydroxyl groups excluding tert-OH is 1. The van der Waals surface area contributed by atoms with Gasteiger partial charge in [0.05, 0.1) is 21.4 Å². The Labute approximate surface area is 318 Å². The first-order valence-electron chi connectivity index (χ1n) is 18.7. The maximum absolute atomic E-state index is 13.4. The van der Waals surface area contributed by atoms with E-state index in [0.717, 1.165) is 64.6 Å². The van der Waals surface area contributed by atoms with Gasteiger partial charge in [-0.15, -0.1) is 22.7 Å². The molecular weight excluding hydrogens is 707 g/mol. The van der Waals surface area contributed by atoms with Gasteiger partial charge in [-0.2, -0.15) is 0 Å². The van der Waals surface area contributed by atoms with Crippen LogP contribution in [0.3, 0.4) is 0 Å². The molecule has 1 spiro atoms. The number of hydrogen-bond acceptors (Lipinski definition) is 10. The van der Waals surface area contributed by atoms with Crippen molar-refractivity contribution in [2.24, 2.45) is 5.41 Å². The maximum Gasteiger partial charge on any atom is 0.349 e. The summed E-state index contributed by atoms with van der Waals surface area (Å²) in [5.41, 5.74) is 4.45. The Hall–Kier alpha value is -3.84. The zero-order chi connectivity index (χ0) is 37.2. The van der Waals surface area contributed by atoms with Crippen LogP contribution in [0.2, 0.25) is 0 Å². The van der Waals surface area contributed by atoms with Crippen molar-refractivity contribution in [2.75, 3.05) is 26.2 Å². The fourth-order valence-corrected chi connectivity index (χ4v) is 10.0. The van der Waals surface area contributed by atoms with Crippen molar-refractivity contribution in [1.82, 2.24) is 15.2 Å². The van der Waals surface area contributed by atoms with Gasteiger partial charge in [-0.25, -0.2) is 4.79 Å². The monoisotopic (exact) mass is 755 g/mol. The first-order valence-corrected chi connectivity index (χ1v) is 20.5. The summed E-state index contributed by atoms with van der Waals surface area (Å²) in [7, 11) is 0. The fourth-order valence-electron chi connectivity index (χ4n) is 8.31. The molecule has 1 saturated heterocycles. The predicted octanol–water partition coefficient (Wildman–Crippen LogP) is 6.57. The van der Waals surface area contributed by atoms with Gasteiger partial charge in [-0.1, -0.05) is 44.2 Å². The first-order chi connectivity index (χ1) is 25.6. The highest BCUT2D eigenvalue weighted by Crippen LogP contribution is 2.51. The molecule has 1 aliphatic carbocycles. The molecule has 0 amide bonds. The number of hydrogen-bond donors (Lipinski definition) is 5. The molecule has 1 atom stereocenters. The molecule has 280 valence electrons. The number of aromatic hydroxyl groups is 1. The van der Waals surface area contributed by atoms with Crippen molar-refractivity contribution in [3.8, 4) is 5.75 Å². The number of carbonyl (C=O) groups is 1. The van der Waals surface area contributed by atoms with Crippen molar-refractivity contribution in [3.05, 3.63) is 119 Å². The van der Waals surface area contributed by atoms with Gasteiger partial charge in [0, 0.05) is 31.1 Å². The minimum absolute atomic E-state index is 0.0205. The third-order valence-electron chi connectivity index (χ3n) is 11.5. The van der Waals surface area contributed by atoms with Crippen molar-refractivity contribution >= 4 is 39.5 Å². The Morgan fingerprint density at radius 2 is 1.64 bits per heavy atom. The second-order valence-electron chi connectivity index (χ2n) is 14.7. The number of thiophene rings is 2. The minimum atomic E-state index is -1.75. The van der Waals surface area contributed by atoms with Gasteiger partial charge in [0.25, 0.3) is 0 Å². The lowest BCUT2D eigenvalue weighted by molar-refractivity contribution is -0.181. The van der Waals surface area contributed by atoms with Gasteiger partial charge in [-0.3, -0.25) is 4.79 Å².